The maximum Gasteiger partial charge on any atom is 0.274 e. The summed E-state index contributed by atoms with van der Waals surface area (Å²) in [4.78, 5) is 7.04. The van der Waals surface area contributed by atoms with E-state index < -0.39 is 6.10 Å². The van der Waals surface area contributed by atoms with Crippen LogP contribution in [0.15, 0.2) is 42.6 Å². The molecule has 5 nitrogen and oxygen atoms in total. The van der Waals surface area contributed by atoms with Gasteiger partial charge in [0.05, 0.1) is 6.20 Å². The van der Waals surface area contributed by atoms with E-state index in [1.54, 1.807) is 0 Å². The monoisotopic (exact) mass is 363 g/mol. The number of ether oxygens (including phenoxy) is 1. The van der Waals surface area contributed by atoms with Gasteiger partial charge in [-0.2, -0.15) is 0 Å². The van der Waals surface area contributed by atoms with Crippen LogP contribution in [-0.2, 0) is 0 Å². The number of rotatable bonds is 6. The molecule has 0 unspecified atom stereocenters. The lowest BCUT2D eigenvalue weighted by atomic mass is 10.2. The number of piperazine rings is 1. The molecule has 1 saturated heterocycles. The summed E-state index contributed by atoms with van der Waals surface area (Å²) in [7, 11) is 0. The van der Waals surface area contributed by atoms with E-state index in [0.29, 0.717) is 13.2 Å². The van der Waals surface area contributed by atoms with Crippen molar-refractivity contribution in [1.82, 2.24) is 0 Å². The molecule has 134 valence electrons. The lowest BCUT2D eigenvalue weighted by Crippen LogP contribution is -3.16. The van der Waals surface area contributed by atoms with Gasteiger partial charge >= 0.3 is 0 Å². The maximum absolute atomic E-state index is 10.3. The summed E-state index contributed by atoms with van der Waals surface area (Å²) in [6.07, 6.45) is 1.48. The molecular formula is C19H26ClN3O2+2. The van der Waals surface area contributed by atoms with Gasteiger partial charge in [0.1, 0.15) is 51.2 Å². The number of aryl methyl sites for hydroxylation is 1. The first-order valence-electron chi connectivity index (χ1n) is 8.74. The van der Waals surface area contributed by atoms with E-state index in [9.17, 15) is 5.11 Å². The van der Waals surface area contributed by atoms with Crippen LogP contribution in [0.1, 0.15) is 5.56 Å². The van der Waals surface area contributed by atoms with Crippen molar-refractivity contribution in [3.63, 3.8) is 0 Å². The van der Waals surface area contributed by atoms with Gasteiger partial charge < -0.3 is 14.7 Å². The highest BCUT2D eigenvalue weighted by Gasteiger charge is 2.27. The number of halogens is 1. The quantitative estimate of drug-likeness (QED) is 0.790. The van der Waals surface area contributed by atoms with E-state index >= 15 is 0 Å². The van der Waals surface area contributed by atoms with Crippen molar-refractivity contribution in [3.05, 3.63) is 53.2 Å². The predicted octanol–water partition coefficient (Wildman–Crippen LogP) is 0.607. The zero-order valence-corrected chi connectivity index (χ0v) is 15.3. The third-order valence-corrected chi connectivity index (χ3v) is 5.02. The maximum atomic E-state index is 10.3. The molecule has 0 spiro atoms. The zero-order chi connectivity index (χ0) is 17.6. The van der Waals surface area contributed by atoms with Gasteiger partial charge in [0.15, 0.2) is 0 Å². The Kier molecular flexibility index (Phi) is 6.13. The van der Waals surface area contributed by atoms with Crippen molar-refractivity contribution in [2.24, 2.45) is 0 Å². The summed E-state index contributed by atoms with van der Waals surface area (Å²) < 4.78 is 5.70. The molecule has 1 fully saturated rings. The third kappa shape index (κ3) is 5.08. The highest BCUT2D eigenvalue weighted by atomic mass is 35.5. The molecule has 0 saturated carbocycles. The number of pyridine rings is 1. The smallest absolute Gasteiger partial charge is 0.274 e. The van der Waals surface area contributed by atoms with E-state index in [1.807, 2.05) is 43.5 Å². The molecule has 1 aliphatic rings. The van der Waals surface area contributed by atoms with Crippen molar-refractivity contribution < 1.29 is 19.7 Å². The van der Waals surface area contributed by atoms with Crippen LogP contribution < -0.4 is 19.5 Å². The number of aliphatic hydroxyl groups is 1. The Morgan fingerprint density at radius 1 is 1.28 bits per heavy atom. The fraction of sp³-hybridized carbons (Fsp3) is 0.421. The number of quaternary nitrogens is 1. The molecule has 1 aromatic carbocycles. The number of aromatic amines is 1. The van der Waals surface area contributed by atoms with E-state index in [4.69, 9.17) is 16.3 Å². The number of anilines is 1. The largest absolute Gasteiger partial charge is 0.491 e. The first kappa shape index (κ1) is 18.0. The van der Waals surface area contributed by atoms with Crippen LogP contribution in [-0.4, -0.2) is 50.5 Å². The van der Waals surface area contributed by atoms with E-state index in [1.165, 1.54) is 4.90 Å². The molecule has 1 aromatic heterocycles. The third-order valence-electron chi connectivity index (χ3n) is 4.60. The second kappa shape index (κ2) is 8.52. The molecule has 0 aliphatic carbocycles. The molecule has 3 N–H and O–H groups in total. The number of benzene rings is 1. The SMILES string of the molecule is Cc1cc(OC[C@@H](O)C[NH+]2CCN(c3cccc[nH+]3)CC2)ccc1Cl. The second-order valence-corrected chi connectivity index (χ2v) is 6.97. The van der Waals surface area contributed by atoms with Crippen LogP contribution in [0.5, 0.6) is 5.75 Å². The molecule has 2 aromatic rings. The Hall–Kier alpha value is -1.82. The zero-order valence-electron chi connectivity index (χ0n) is 14.5. The van der Waals surface area contributed by atoms with Gasteiger partial charge in [0.2, 0.25) is 0 Å². The highest BCUT2D eigenvalue weighted by molar-refractivity contribution is 6.31. The molecule has 1 atom stereocenters. The van der Waals surface area contributed by atoms with Gasteiger partial charge in [-0.1, -0.05) is 17.7 Å². The molecule has 0 amide bonds. The average molecular weight is 364 g/mol. The first-order valence-corrected chi connectivity index (χ1v) is 9.12. The number of hydrogen-bond donors (Lipinski definition) is 2. The van der Waals surface area contributed by atoms with Gasteiger partial charge in [-0.3, -0.25) is 4.90 Å². The molecule has 6 heteroatoms. The fourth-order valence-electron chi connectivity index (χ4n) is 3.14. The summed E-state index contributed by atoms with van der Waals surface area (Å²) in [5.41, 5.74) is 0.980. The number of H-pyrrole nitrogens is 1. The van der Waals surface area contributed by atoms with Crippen molar-refractivity contribution in [1.29, 1.82) is 0 Å². The summed E-state index contributed by atoms with van der Waals surface area (Å²) in [6, 6.07) is 11.7. The number of nitrogens with one attached hydrogen (secondary N) is 2. The van der Waals surface area contributed by atoms with Crippen molar-refractivity contribution in [2.75, 3.05) is 44.2 Å². The van der Waals surface area contributed by atoms with Gasteiger partial charge in [0.25, 0.3) is 5.82 Å². The topological polar surface area (TPSA) is 51.3 Å². The van der Waals surface area contributed by atoms with Gasteiger partial charge in [-0.15, -0.1) is 0 Å². The van der Waals surface area contributed by atoms with E-state index in [2.05, 4.69) is 16.0 Å². The Labute approximate surface area is 153 Å². The number of nitrogens with zero attached hydrogens (tertiary/aromatic N) is 1. The summed E-state index contributed by atoms with van der Waals surface area (Å²) in [5, 5.41) is 11.0. The molecule has 2 heterocycles. The van der Waals surface area contributed by atoms with Crippen LogP contribution in [0, 0.1) is 6.92 Å². The van der Waals surface area contributed by atoms with Gasteiger partial charge in [-0.05, 0) is 36.8 Å². The van der Waals surface area contributed by atoms with Crippen LogP contribution in [0.25, 0.3) is 0 Å². The molecule has 25 heavy (non-hydrogen) atoms. The Balaban J connectivity index is 1.41. The van der Waals surface area contributed by atoms with Gasteiger partial charge in [0, 0.05) is 11.1 Å². The standard InChI is InChI=1S/C19H24ClN3O2/c1-15-12-17(5-6-18(15)20)25-14-16(24)13-22-8-10-23(11-9-22)19-4-2-3-7-21-19/h2-7,12,16,24H,8-11,13-14H2,1H3/p+2/t16-/m0/s1. The lowest BCUT2D eigenvalue weighted by molar-refractivity contribution is -0.903. The lowest BCUT2D eigenvalue weighted by Gasteiger charge is -2.29. The van der Waals surface area contributed by atoms with Crippen molar-refractivity contribution in [2.45, 2.75) is 13.0 Å². The second-order valence-electron chi connectivity index (χ2n) is 6.56. The minimum atomic E-state index is -0.471. The summed E-state index contributed by atoms with van der Waals surface area (Å²) in [6.45, 7) is 6.96. The number of aromatic nitrogens is 1. The average Bonchev–Trinajstić information content (AvgIpc) is 2.64. The van der Waals surface area contributed by atoms with Crippen LogP contribution in [0.4, 0.5) is 5.82 Å². The minimum Gasteiger partial charge on any atom is -0.491 e. The van der Waals surface area contributed by atoms with Crippen molar-refractivity contribution >= 4 is 17.4 Å². The molecule has 1 aliphatic heterocycles. The normalized spacial score (nSPS) is 16.7. The van der Waals surface area contributed by atoms with E-state index in [-0.39, 0.29) is 0 Å². The number of hydrogen-bond acceptors (Lipinski definition) is 3. The minimum absolute atomic E-state index is 0.306. The van der Waals surface area contributed by atoms with Crippen LogP contribution >= 0.6 is 11.6 Å². The molecular weight excluding hydrogens is 338 g/mol. The Bertz CT molecular complexity index is 676. The van der Waals surface area contributed by atoms with Gasteiger partial charge in [-0.25, -0.2) is 4.98 Å². The molecule has 3 rings (SSSR count). The summed E-state index contributed by atoms with van der Waals surface area (Å²) in [5.74, 6) is 1.91. The fourth-order valence-corrected chi connectivity index (χ4v) is 3.26. The van der Waals surface area contributed by atoms with Crippen molar-refractivity contribution in [3.8, 4) is 5.75 Å². The Morgan fingerprint density at radius 2 is 2.08 bits per heavy atom. The molecule has 0 bridgehead atoms. The number of aliphatic hydroxyl groups excluding tert-OH is 1. The van der Waals surface area contributed by atoms with Crippen LogP contribution in [0.2, 0.25) is 5.02 Å². The van der Waals surface area contributed by atoms with Crippen LogP contribution in [0.3, 0.4) is 0 Å². The predicted molar refractivity (Wildman–Crippen MR) is 98.5 cm³/mol. The molecule has 0 radical (unpaired) electrons. The Morgan fingerprint density at radius 3 is 2.76 bits per heavy atom. The van der Waals surface area contributed by atoms with E-state index in [0.717, 1.165) is 48.3 Å². The first-order chi connectivity index (χ1) is 12.1. The highest BCUT2D eigenvalue weighted by Crippen LogP contribution is 2.21. The summed E-state index contributed by atoms with van der Waals surface area (Å²) >= 11 is 6.01.